The van der Waals surface area contributed by atoms with Crippen LogP contribution in [-0.2, 0) is 13.0 Å². The van der Waals surface area contributed by atoms with Crippen LogP contribution in [0.4, 0.5) is 11.8 Å². The van der Waals surface area contributed by atoms with E-state index in [2.05, 4.69) is 47.6 Å². The first-order valence-electron chi connectivity index (χ1n) is 10.1. The summed E-state index contributed by atoms with van der Waals surface area (Å²) in [6.07, 6.45) is 0.881. The Morgan fingerprint density at radius 3 is 2.50 bits per heavy atom. The third-order valence-corrected chi connectivity index (χ3v) is 5.27. The van der Waals surface area contributed by atoms with Gasteiger partial charge in [0, 0.05) is 11.9 Å². The van der Waals surface area contributed by atoms with Gasteiger partial charge in [0.15, 0.2) is 0 Å². The molecule has 148 valence electrons. The van der Waals surface area contributed by atoms with E-state index in [1.54, 1.807) is 0 Å². The maximum atomic E-state index is 6.27. The minimum Gasteiger partial charge on any atom is -0.369 e. The van der Waals surface area contributed by atoms with Crippen molar-refractivity contribution in [1.82, 2.24) is 19.5 Å². The van der Waals surface area contributed by atoms with E-state index in [4.69, 9.17) is 15.7 Å². The second-order valence-corrected chi connectivity index (χ2v) is 7.17. The summed E-state index contributed by atoms with van der Waals surface area (Å²) < 4.78 is 1.81. The number of fused-ring (bicyclic) bond motifs is 2. The van der Waals surface area contributed by atoms with E-state index in [1.165, 1.54) is 11.1 Å². The molecule has 0 saturated carbocycles. The van der Waals surface area contributed by atoms with Gasteiger partial charge in [-0.05, 0) is 35.7 Å². The summed E-state index contributed by atoms with van der Waals surface area (Å²) >= 11 is 0. The lowest BCUT2D eigenvalue weighted by Gasteiger charge is -2.14. The van der Waals surface area contributed by atoms with Gasteiger partial charge in [0.25, 0.3) is 0 Å². The van der Waals surface area contributed by atoms with Crippen LogP contribution in [0.25, 0.3) is 27.9 Å². The Kier molecular flexibility index (Phi) is 4.52. The number of aryl methyl sites for hydroxylation is 1. The van der Waals surface area contributed by atoms with Crippen molar-refractivity contribution < 1.29 is 0 Å². The van der Waals surface area contributed by atoms with Gasteiger partial charge in [0.05, 0.1) is 16.6 Å². The van der Waals surface area contributed by atoms with Crippen molar-refractivity contribution in [2.75, 3.05) is 11.1 Å². The molecule has 0 unspecified atom stereocenters. The van der Waals surface area contributed by atoms with Gasteiger partial charge in [-0.1, -0.05) is 61.5 Å². The molecule has 2 aromatic heterocycles. The van der Waals surface area contributed by atoms with Crippen molar-refractivity contribution in [2.45, 2.75) is 19.9 Å². The quantitative estimate of drug-likeness (QED) is 0.450. The van der Waals surface area contributed by atoms with E-state index in [0.29, 0.717) is 18.4 Å². The summed E-state index contributed by atoms with van der Waals surface area (Å²) in [6.45, 7) is 2.80. The molecule has 0 spiro atoms. The molecule has 0 aliphatic carbocycles. The minimum atomic E-state index is 0.374. The molecular weight excluding hydrogens is 372 g/mol. The zero-order valence-electron chi connectivity index (χ0n) is 16.7. The number of para-hydroxylation sites is 3. The molecule has 0 aliphatic heterocycles. The van der Waals surface area contributed by atoms with Gasteiger partial charge in [0.1, 0.15) is 5.82 Å². The number of nitrogens with one attached hydrogen (secondary N) is 1. The number of nitrogens with zero attached hydrogens (tertiary/aromatic N) is 4. The number of imidazole rings is 1. The zero-order chi connectivity index (χ0) is 20.5. The van der Waals surface area contributed by atoms with Crippen molar-refractivity contribution in [3.8, 4) is 5.95 Å². The fourth-order valence-electron chi connectivity index (χ4n) is 3.76. The number of nitrogens with two attached hydrogens (primary N) is 1. The molecule has 3 N–H and O–H groups in total. The largest absolute Gasteiger partial charge is 0.369 e. The lowest BCUT2D eigenvalue weighted by molar-refractivity contribution is 0.966. The SMILES string of the molecule is CCc1cccc2c(NCc3ccccc3)nc(-n3c(N)nc4ccccc43)nc12. The zero-order valence-corrected chi connectivity index (χ0v) is 16.7. The summed E-state index contributed by atoms with van der Waals surface area (Å²) in [4.78, 5) is 14.2. The van der Waals surface area contributed by atoms with Crippen LogP contribution in [0, 0.1) is 0 Å². The molecular formula is C24H22N6. The third kappa shape index (κ3) is 3.12. The van der Waals surface area contributed by atoms with Crippen LogP contribution >= 0.6 is 0 Å². The molecule has 0 saturated heterocycles. The van der Waals surface area contributed by atoms with Crippen LogP contribution in [-0.4, -0.2) is 19.5 Å². The monoisotopic (exact) mass is 394 g/mol. The number of hydrogen-bond donors (Lipinski definition) is 2. The Labute approximate surface area is 174 Å². The van der Waals surface area contributed by atoms with Gasteiger partial charge in [-0.15, -0.1) is 0 Å². The predicted octanol–water partition coefficient (Wildman–Crippen LogP) is 4.73. The van der Waals surface area contributed by atoms with Gasteiger partial charge < -0.3 is 11.1 Å². The van der Waals surface area contributed by atoms with E-state index < -0.39 is 0 Å². The maximum Gasteiger partial charge on any atom is 0.239 e. The summed E-state index contributed by atoms with van der Waals surface area (Å²) in [5.74, 6) is 1.68. The fraction of sp³-hybridized carbons (Fsp3) is 0.125. The second-order valence-electron chi connectivity index (χ2n) is 7.17. The van der Waals surface area contributed by atoms with Crippen LogP contribution in [0.1, 0.15) is 18.1 Å². The molecule has 6 nitrogen and oxygen atoms in total. The van der Waals surface area contributed by atoms with Crippen LogP contribution in [0.2, 0.25) is 0 Å². The lowest BCUT2D eigenvalue weighted by atomic mass is 10.1. The first kappa shape index (κ1) is 18.1. The van der Waals surface area contributed by atoms with Gasteiger partial charge in [-0.2, -0.15) is 4.98 Å². The molecule has 30 heavy (non-hydrogen) atoms. The van der Waals surface area contributed by atoms with Gasteiger partial charge in [0.2, 0.25) is 11.9 Å². The summed E-state index contributed by atoms with van der Waals surface area (Å²) in [7, 11) is 0. The Balaban J connectivity index is 1.70. The highest BCUT2D eigenvalue weighted by Crippen LogP contribution is 2.28. The smallest absolute Gasteiger partial charge is 0.239 e. The molecule has 0 radical (unpaired) electrons. The van der Waals surface area contributed by atoms with Crippen molar-refractivity contribution in [3.63, 3.8) is 0 Å². The Morgan fingerprint density at radius 2 is 1.67 bits per heavy atom. The highest BCUT2D eigenvalue weighted by atomic mass is 15.3. The summed E-state index contributed by atoms with van der Waals surface area (Å²) in [5, 5.41) is 4.50. The van der Waals surface area contributed by atoms with Crippen LogP contribution < -0.4 is 11.1 Å². The number of anilines is 2. The van der Waals surface area contributed by atoms with Crippen molar-refractivity contribution in [3.05, 3.63) is 83.9 Å². The molecule has 0 atom stereocenters. The van der Waals surface area contributed by atoms with E-state index >= 15 is 0 Å². The van der Waals surface area contributed by atoms with Crippen molar-refractivity contribution in [1.29, 1.82) is 0 Å². The Hall–Kier alpha value is -3.93. The number of hydrogen-bond acceptors (Lipinski definition) is 5. The van der Waals surface area contributed by atoms with E-state index in [9.17, 15) is 0 Å². The highest BCUT2D eigenvalue weighted by Gasteiger charge is 2.16. The average Bonchev–Trinajstić information content (AvgIpc) is 3.13. The second kappa shape index (κ2) is 7.48. The molecule has 0 bridgehead atoms. The Morgan fingerprint density at radius 1 is 0.867 bits per heavy atom. The molecule has 0 aliphatic rings. The van der Waals surface area contributed by atoms with E-state index in [0.717, 1.165) is 34.2 Å². The minimum absolute atomic E-state index is 0.374. The average molecular weight is 394 g/mol. The number of aromatic nitrogens is 4. The first-order valence-corrected chi connectivity index (χ1v) is 10.1. The summed E-state index contributed by atoms with van der Waals surface area (Å²) in [5.41, 5.74) is 11.3. The van der Waals surface area contributed by atoms with Crippen LogP contribution in [0.3, 0.4) is 0 Å². The molecule has 5 aromatic rings. The molecule has 5 rings (SSSR count). The fourth-order valence-corrected chi connectivity index (χ4v) is 3.76. The van der Waals surface area contributed by atoms with Crippen LogP contribution in [0.15, 0.2) is 72.8 Å². The molecule has 0 amide bonds. The number of nitrogen functional groups attached to an aromatic ring is 1. The standard InChI is InChI=1S/C24H22N6/c1-2-17-11-8-12-18-21(17)28-24(29-22(18)26-15-16-9-4-3-5-10-16)30-20-14-7-6-13-19(20)27-23(30)25/h3-14H,2,15H2,1H3,(H2,25,27)(H,26,28,29). The van der Waals surface area contributed by atoms with Gasteiger partial charge in [-0.25, -0.2) is 14.5 Å². The maximum absolute atomic E-state index is 6.27. The topological polar surface area (TPSA) is 81.7 Å². The van der Waals surface area contributed by atoms with Crippen molar-refractivity contribution >= 4 is 33.7 Å². The Bertz CT molecular complexity index is 1340. The third-order valence-electron chi connectivity index (χ3n) is 5.27. The molecule has 6 heteroatoms. The van der Waals surface area contributed by atoms with Gasteiger partial charge in [-0.3, -0.25) is 0 Å². The van der Waals surface area contributed by atoms with E-state index in [1.807, 2.05) is 47.0 Å². The van der Waals surface area contributed by atoms with Gasteiger partial charge >= 0.3 is 0 Å². The summed E-state index contributed by atoms with van der Waals surface area (Å²) in [6, 6.07) is 24.3. The normalized spacial score (nSPS) is 11.2. The number of rotatable bonds is 5. The molecule has 2 heterocycles. The van der Waals surface area contributed by atoms with Crippen molar-refractivity contribution in [2.24, 2.45) is 0 Å². The first-order chi connectivity index (χ1) is 14.7. The molecule has 3 aromatic carbocycles. The van der Waals surface area contributed by atoms with Crippen LogP contribution in [0.5, 0.6) is 0 Å². The lowest BCUT2D eigenvalue weighted by Crippen LogP contribution is -2.10. The van der Waals surface area contributed by atoms with E-state index in [-0.39, 0.29) is 0 Å². The number of benzene rings is 3. The highest BCUT2D eigenvalue weighted by molar-refractivity contribution is 5.92. The predicted molar refractivity (Wildman–Crippen MR) is 122 cm³/mol. The molecule has 0 fully saturated rings.